The molecule has 0 unspecified atom stereocenters. The van der Waals surface area contributed by atoms with E-state index in [0.717, 1.165) is 28.1 Å². The number of ether oxygens (including phenoxy) is 3. The Bertz CT molecular complexity index is 1130. The van der Waals surface area contributed by atoms with Crippen LogP contribution in [0.3, 0.4) is 0 Å². The van der Waals surface area contributed by atoms with Crippen molar-refractivity contribution >= 4 is 23.2 Å². The molecule has 0 bridgehead atoms. The number of carbonyl (C=O) groups excluding carboxylic acids is 1. The second kappa shape index (κ2) is 7.91. The molecular weight excluding hydrogens is 406 g/mol. The van der Waals surface area contributed by atoms with Crippen molar-refractivity contribution in [2.24, 2.45) is 0 Å². The summed E-state index contributed by atoms with van der Waals surface area (Å²) in [5.74, 6) is 1.59. The third-order valence-electron chi connectivity index (χ3n) is 5.16. The van der Waals surface area contributed by atoms with Crippen molar-refractivity contribution in [1.29, 1.82) is 0 Å². The number of hydrogen-bond acceptors (Lipinski definition) is 5. The van der Waals surface area contributed by atoms with Crippen molar-refractivity contribution in [3.8, 4) is 28.5 Å². The highest BCUT2D eigenvalue weighted by molar-refractivity contribution is 6.32. The van der Waals surface area contributed by atoms with Gasteiger partial charge in [-0.25, -0.2) is 0 Å². The van der Waals surface area contributed by atoms with Gasteiger partial charge in [0.1, 0.15) is 30.4 Å². The lowest BCUT2D eigenvalue weighted by Gasteiger charge is -2.23. The van der Waals surface area contributed by atoms with Crippen LogP contribution in [0.1, 0.15) is 11.1 Å². The molecule has 4 rings (SSSR count). The summed E-state index contributed by atoms with van der Waals surface area (Å²) < 4.78 is 18.2. The normalized spacial score (nSPS) is 11.9. The molecule has 0 N–H and O–H groups in total. The maximum atomic E-state index is 13.1. The summed E-state index contributed by atoms with van der Waals surface area (Å²) in [5, 5.41) is 4.84. The molecule has 3 aromatic rings. The van der Waals surface area contributed by atoms with E-state index < -0.39 is 0 Å². The number of likely N-dealkylation sites (N-methyl/N-ethyl adjacent to an activating group) is 1. The second-order valence-electron chi connectivity index (χ2n) is 7.08. The number of halogens is 1. The van der Waals surface area contributed by atoms with Gasteiger partial charge in [0.2, 0.25) is 5.91 Å². The van der Waals surface area contributed by atoms with Gasteiger partial charge in [-0.15, -0.1) is 0 Å². The molecule has 0 saturated heterocycles. The molecule has 2 aromatic carbocycles. The molecule has 30 heavy (non-hydrogen) atoms. The maximum Gasteiger partial charge on any atom is 0.248 e. The van der Waals surface area contributed by atoms with Crippen molar-refractivity contribution in [3.05, 3.63) is 52.7 Å². The minimum absolute atomic E-state index is 0.0615. The summed E-state index contributed by atoms with van der Waals surface area (Å²) >= 11 is 6.27. The molecule has 0 atom stereocenters. The minimum atomic E-state index is -0.166. The van der Waals surface area contributed by atoms with Crippen LogP contribution in [0.2, 0.25) is 5.02 Å². The Morgan fingerprint density at radius 3 is 2.73 bits per heavy atom. The van der Waals surface area contributed by atoms with E-state index in [4.69, 9.17) is 25.8 Å². The van der Waals surface area contributed by atoms with Crippen LogP contribution in [0, 0.1) is 6.92 Å². The largest absolute Gasteiger partial charge is 0.495 e. The van der Waals surface area contributed by atoms with Gasteiger partial charge >= 0.3 is 0 Å². The molecule has 0 spiro atoms. The van der Waals surface area contributed by atoms with Crippen LogP contribution in [-0.4, -0.2) is 37.0 Å². The van der Waals surface area contributed by atoms with Crippen molar-refractivity contribution < 1.29 is 19.0 Å². The Kier molecular flexibility index (Phi) is 5.30. The Morgan fingerprint density at radius 1 is 1.23 bits per heavy atom. The molecule has 1 aliphatic heterocycles. The van der Waals surface area contributed by atoms with E-state index >= 15 is 0 Å². The summed E-state index contributed by atoms with van der Waals surface area (Å²) in [7, 11) is 4.74. The minimum Gasteiger partial charge on any atom is -0.495 e. The van der Waals surface area contributed by atoms with Gasteiger partial charge in [0.05, 0.1) is 36.8 Å². The van der Waals surface area contributed by atoms with E-state index in [1.807, 2.05) is 25.1 Å². The Hall–Kier alpha value is -3.19. The van der Waals surface area contributed by atoms with E-state index in [2.05, 4.69) is 5.10 Å². The Balaban J connectivity index is 1.65. The van der Waals surface area contributed by atoms with Crippen LogP contribution in [0.5, 0.6) is 17.2 Å². The zero-order valence-electron chi connectivity index (χ0n) is 17.2. The van der Waals surface area contributed by atoms with Crippen molar-refractivity contribution in [2.75, 3.05) is 26.2 Å². The fraction of sp³-hybridized carbons (Fsp3) is 0.273. The van der Waals surface area contributed by atoms with Crippen LogP contribution < -0.4 is 19.1 Å². The smallest absolute Gasteiger partial charge is 0.248 e. The van der Waals surface area contributed by atoms with E-state index in [1.54, 1.807) is 30.1 Å². The van der Waals surface area contributed by atoms with Gasteiger partial charge in [-0.3, -0.25) is 9.48 Å². The molecule has 1 aliphatic rings. The first-order valence-electron chi connectivity index (χ1n) is 9.39. The molecule has 156 valence electrons. The van der Waals surface area contributed by atoms with Gasteiger partial charge in [-0.2, -0.15) is 5.10 Å². The van der Waals surface area contributed by atoms with Crippen LogP contribution >= 0.6 is 11.6 Å². The zero-order chi connectivity index (χ0) is 21.4. The molecule has 0 aliphatic carbocycles. The number of carbonyl (C=O) groups is 1. The van der Waals surface area contributed by atoms with Gasteiger partial charge in [-0.05, 0) is 25.1 Å². The summed E-state index contributed by atoms with van der Waals surface area (Å²) in [4.78, 5) is 14.6. The number of methoxy groups -OCH3 is 2. The number of anilines is 1. The quantitative estimate of drug-likeness (QED) is 0.613. The third kappa shape index (κ3) is 3.45. The van der Waals surface area contributed by atoms with Gasteiger partial charge in [-0.1, -0.05) is 23.2 Å². The molecule has 8 heteroatoms. The SMILES string of the molecule is COc1cc(OC)c(N(C)C(=O)Cn2ncc3c2-c2cc(C)ccc2OC3)cc1Cl. The third-order valence-corrected chi connectivity index (χ3v) is 5.46. The number of aromatic nitrogens is 2. The average molecular weight is 428 g/mol. The molecule has 1 amide bonds. The van der Waals surface area contributed by atoms with E-state index in [9.17, 15) is 4.79 Å². The second-order valence-corrected chi connectivity index (χ2v) is 7.48. The lowest BCUT2D eigenvalue weighted by molar-refractivity contribution is -0.119. The number of fused-ring (bicyclic) bond motifs is 3. The highest BCUT2D eigenvalue weighted by atomic mass is 35.5. The number of benzene rings is 2. The highest BCUT2D eigenvalue weighted by Gasteiger charge is 2.25. The molecule has 0 fully saturated rings. The standard InChI is InChI=1S/C22H22ClN3O4/c1-13-5-6-18-15(7-13)22-14(12-30-18)10-24-26(22)11-21(27)25(2)17-8-16(23)19(28-3)9-20(17)29-4/h5-10H,11-12H2,1-4H3. The number of amides is 1. The van der Waals surface area contributed by atoms with Crippen molar-refractivity contribution in [1.82, 2.24) is 9.78 Å². The maximum absolute atomic E-state index is 13.1. The lowest BCUT2D eigenvalue weighted by Crippen LogP contribution is -2.31. The summed E-state index contributed by atoms with van der Waals surface area (Å²) in [6.45, 7) is 2.51. The molecular formula is C22H22ClN3O4. The fourth-order valence-corrected chi connectivity index (χ4v) is 3.78. The molecule has 0 saturated carbocycles. The number of nitrogens with zero attached hydrogens (tertiary/aromatic N) is 3. The van der Waals surface area contributed by atoms with Crippen molar-refractivity contribution in [3.63, 3.8) is 0 Å². The van der Waals surface area contributed by atoms with Gasteiger partial charge < -0.3 is 19.1 Å². The average Bonchev–Trinajstić information content (AvgIpc) is 3.16. The summed E-state index contributed by atoms with van der Waals surface area (Å²) in [6.07, 6.45) is 1.75. The Labute approximate surface area is 179 Å². The van der Waals surface area contributed by atoms with Crippen LogP contribution in [0.15, 0.2) is 36.5 Å². The van der Waals surface area contributed by atoms with Gasteiger partial charge in [0.25, 0.3) is 0 Å². The van der Waals surface area contributed by atoms with E-state index in [0.29, 0.717) is 28.8 Å². The number of hydrogen-bond donors (Lipinski definition) is 0. The van der Waals surface area contributed by atoms with Gasteiger partial charge in [0.15, 0.2) is 0 Å². The lowest BCUT2D eigenvalue weighted by atomic mass is 10.0. The predicted molar refractivity (Wildman–Crippen MR) is 115 cm³/mol. The molecule has 7 nitrogen and oxygen atoms in total. The molecule has 2 heterocycles. The first-order valence-corrected chi connectivity index (χ1v) is 9.77. The number of aryl methyl sites for hydroxylation is 1. The predicted octanol–water partition coefficient (Wildman–Crippen LogP) is 4.08. The van der Waals surface area contributed by atoms with E-state index in [-0.39, 0.29) is 12.5 Å². The highest BCUT2D eigenvalue weighted by Crippen LogP contribution is 2.39. The molecule has 1 aromatic heterocycles. The fourth-order valence-electron chi connectivity index (χ4n) is 3.55. The van der Waals surface area contributed by atoms with Crippen LogP contribution in [0.25, 0.3) is 11.3 Å². The number of rotatable bonds is 5. The van der Waals surface area contributed by atoms with Crippen LogP contribution in [0.4, 0.5) is 5.69 Å². The monoisotopic (exact) mass is 427 g/mol. The summed E-state index contributed by atoms with van der Waals surface area (Å²) in [5.41, 5.74) is 4.46. The topological polar surface area (TPSA) is 65.8 Å². The van der Waals surface area contributed by atoms with Crippen LogP contribution in [-0.2, 0) is 17.9 Å². The Morgan fingerprint density at radius 2 is 2.00 bits per heavy atom. The first-order chi connectivity index (χ1) is 14.4. The summed E-state index contributed by atoms with van der Waals surface area (Å²) in [6, 6.07) is 9.31. The van der Waals surface area contributed by atoms with Crippen molar-refractivity contribution in [2.45, 2.75) is 20.1 Å². The zero-order valence-corrected chi connectivity index (χ0v) is 18.0. The molecule has 0 radical (unpaired) electrons. The van der Waals surface area contributed by atoms with Gasteiger partial charge in [0, 0.05) is 24.2 Å². The van der Waals surface area contributed by atoms with E-state index in [1.165, 1.54) is 19.1 Å². The first kappa shape index (κ1) is 20.1.